The summed E-state index contributed by atoms with van der Waals surface area (Å²) in [7, 11) is 0. The van der Waals surface area contributed by atoms with Crippen LogP contribution in [0, 0.1) is 20.2 Å². The molecule has 8 heavy (non-hydrogen) atoms. The SMILES string of the molecule is [NH2][Pt]([N+](=O)[O-])[N+](=O)[O-]. The molecule has 0 heterocycles. The van der Waals surface area contributed by atoms with Crippen molar-refractivity contribution in [2.45, 2.75) is 0 Å². The molecule has 0 aromatic carbocycles. The molecule has 0 aromatic rings. The minimum atomic E-state index is -3.57. The number of nitrogens with two attached hydrogens (primary N) is 1. The molecular weight excluding hydrogens is 301 g/mol. The van der Waals surface area contributed by atoms with E-state index >= 15 is 0 Å². The van der Waals surface area contributed by atoms with Gasteiger partial charge in [0.15, 0.2) is 0 Å². The Morgan fingerprint density at radius 2 is 1.50 bits per heavy atom. The zero-order valence-corrected chi connectivity index (χ0v) is 5.69. The topological polar surface area (TPSA) is 112 Å². The van der Waals surface area contributed by atoms with Gasteiger partial charge < -0.3 is 0 Å². The van der Waals surface area contributed by atoms with Crippen LogP contribution in [0.15, 0.2) is 0 Å². The van der Waals surface area contributed by atoms with Gasteiger partial charge in [-0.3, -0.25) is 0 Å². The van der Waals surface area contributed by atoms with Crippen LogP contribution < -0.4 is 4.29 Å². The van der Waals surface area contributed by atoms with Gasteiger partial charge in [0.05, 0.1) is 0 Å². The molecule has 0 aliphatic rings. The number of hydrogen-bond acceptors (Lipinski definition) is 5. The van der Waals surface area contributed by atoms with Crippen molar-refractivity contribution in [2.75, 3.05) is 0 Å². The van der Waals surface area contributed by atoms with Crippen molar-refractivity contribution in [3.63, 3.8) is 0 Å². The van der Waals surface area contributed by atoms with E-state index in [9.17, 15) is 20.2 Å². The fourth-order valence-corrected chi connectivity index (χ4v) is 0.345. The minimum absolute atomic E-state index is 1.02. The first kappa shape index (κ1) is 7.45. The zero-order valence-electron chi connectivity index (χ0n) is 3.42. The number of nitro groups is 2. The van der Waals surface area contributed by atoms with Gasteiger partial charge in [-0.05, 0) is 0 Å². The van der Waals surface area contributed by atoms with E-state index in [-0.39, 0.29) is 0 Å². The molecule has 0 radical (unpaired) electrons. The van der Waals surface area contributed by atoms with E-state index in [4.69, 9.17) is 0 Å². The van der Waals surface area contributed by atoms with Gasteiger partial charge in [-0.1, -0.05) is 0 Å². The first-order valence-electron chi connectivity index (χ1n) is 1.20. The molecule has 0 amide bonds. The van der Waals surface area contributed by atoms with E-state index in [0.29, 0.717) is 0 Å². The Labute approximate surface area is 50.2 Å². The van der Waals surface area contributed by atoms with Gasteiger partial charge >= 0.3 is 49.5 Å². The van der Waals surface area contributed by atoms with Crippen LogP contribution in [0.4, 0.5) is 0 Å². The summed E-state index contributed by atoms with van der Waals surface area (Å²) in [5.41, 5.74) is 0. The summed E-state index contributed by atoms with van der Waals surface area (Å²) >= 11 is -3.57. The van der Waals surface area contributed by atoms with Gasteiger partial charge in [0.1, 0.15) is 0 Å². The van der Waals surface area contributed by atoms with Gasteiger partial charge in [-0.25, -0.2) is 0 Å². The summed E-state index contributed by atoms with van der Waals surface area (Å²) in [6.45, 7) is 0. The predicted octanol–water partition coefficient (Wildman–Crippen LogP) is -1.14. The van der Waals surface area contributed by atoms with Crippen LogP contribution in [0.5, 0.6) is 0 Å². The Morgan fingerprint density at radius 3 is 1.50 bits per heavy atom. The van der Waals surface area contributed by atoms with Gasteiger partial charge in [-0.2, -0.15) is 0 Å². The first-order chi connectivity index (χ1) is 3.55. The van der Waals surface area contributed by atoms with Crippen molar-refractivity contribution in [3.05, 3.63) is 20.2 Å². The van der Waals surface area contributed by atoms with Crippen molar-refractivity contribution >= 4 is 0 Å². The molecule has 0 aromatic heterocycles. The summed E-state index contributed by atoms with van der Waals surface area (Å²) in [5.74, 6) is 0. The van der Waals surface area contributed by atoms with E-state index < -0.39 is 25.0 Å². The number of hydrogen-bond donors (Lipinski definition) is 1. The Balaban J connectivity index is 3.83. The molecule has 0 spiro atoms. The molecule has 51 valence electrons. The molecule has 0 rings (SSSR count). The van der Waals surface area contributed by atoms with Gasteiger partial charge in [-0.15, -0.1) is 0 Å². The molecule has 0 unspecified atom stereocenters. The standard InChI is InChI=1S/2NO2.H2N.Pt/c2*2-1-3;;/h;;1H2;/q;;-1;+1. The van der Waals surface area contributed by atoms with E-state index in [0.717, 1.165) is 0 Å². The Morgan fingerprint density at radius 1 is 1.25 bits per heavy atom. The van der Waals surface area contributed by atoms with Gasteiger partial charge in [0, 0.05) is 0 Å². The molecule has 2 N–H and O–H groups in total. The van der Waals surface area contributed by atoms with Crippen LogP contribution in [0.2, 0.25) is 0 Å². The first-order valence-corrected chi connectivity index (χ1v) is 4.54. The number of rotatable bonds is 2. The van der Waals surface area contributed by atoms with E-state index in [1.165, 1.54) is 0 Å². The summed E-state index contributed by atoms with van der Waals surface area (Å²) in [6.07, 6.45) is 0. The summed E-state index contributed by atoms with van der Waals surface area (Å²) < 4.78 is 2.47. The van der Waals surface area contributed by atoms with Crippen molar-refractivity contribution in [1.82, 2.24) is 0 Å². The van der Waals surface area contributed by atoms with Crippen molar-refractivity contribution < 1.29 is 25.0 Å². The summed E-state index contributed by atoms with van der Waals surface area (Å²) in [4.78, 5) is 18.9. The molecule has 0 saturated carbocycles. The van der Waals surface area contributed by atoms with Crippen LogP contribution in [-0.4, -0.2) is 6.96 Å². The van der Waals surface area contributed by atoms with Crippen LogP contribution in [0.25, 0.3) is 0 Å². The zero-order chi connectivity index (χ0) is 6.73. The normalized spacial score (nSPS) is 10.4. The second-order valence-corrected chi connectivity index (χ2v) is 3.89. The molecule has 8 heteroatoms. The van der Waals surface area contributed by atoms with Crippen LogP contribution in [-0.2, 0) is 18.1 Å². The Hall–Kier alpha value is -0.552. The van der Waals surface area contributed by atoms with E-state index in [1.54, 1.807) is 0 Å². The molecule has 0 aliphatic heterocycles. The fourth-order valence-electron chi connectivity index (χ4n) is 0.0422. The summed E-state index contributed by atoms with van der Waals surface area (Å²) in [6, 6.07) is 0. The molecular formula is H2N3O4Pt. The third-order valence-corrected chi connectivity index (χ3v) is 1.94. The van der Waals surface area contributed by atoms with E-state index in [2.05, 4.69) is 4.29 Å². The quantitative estimate of drug-likeness (QED) is 0.512. The van der Waals surface area contributed by atoms with Crippen molar-refractivity contribution in [3.8, 4) is 0 Å². The fraction of sp³-hybridized carbons (Fsp3) is 0. The molecule has 0 bridgehead atoms. The van der Waals surface area contributed by atoms with Crippen LogP contribution >= 0.6 is 0 Å². The van der Waals surface area contributed by atoms with Crippen molar-refractivity contribution in [1.29, 1.82) is 0 Å². The molecule has 0 fully saturated rings. The molecule has 7 nitrogen and oxygen atoms in total. The average molecular weight is 303 g/mol. The van der Waals surface area contributed by atoms with Gasteiger partial charge in [0.25, 0.3) is 0 Å². The van der Waals surface area contributed by atoms with Crippen LogP contribution in [0.3, 0.4) is 0 Å². The Kier molecular flexibility index (Phi) is 2.50. The average Bonchev–Trinajstić information content (AvgIpc) is 1.64. The molecule has 0 atom stereocenters. The maximum atomic E-state index is 9.45. The predicted molar refractivity (Wildman–Crippen MR) is 18.2 cm³/mol. The second-order valence-electron chi connectivity index (χ2n) is 0.607. The van der Waals surface area contributed by atoms with E-state index in [1.807, 2.05) is 0 Å². The maximum absolute atomic E-state index is 9.45. The second kappa shape index (κ2) is 2.68. The molecule has 0 aliphatic carbocycles. The monoisotopic (exact) mass is 303 g/mol. The molecule has 0 saturated heterocycles. The number of nitrogens with zero attached hydrogens (tertiary/aromatic N) is 2. The van der Waals surface area contributed by atoms with Crippen molar-refractivity contribution in [2.24, 2.45) is 4.29 Å². The van der Waals surface area contributed by atoms with Crippen LogP contribution in [0.1, 0.15) is 0 Å². The summed E-state index contributed by atoms with van der Waals surface area (Å²) in [5, 5.41) is 18.9. The third kappa shape index (κ3) is 1.94. The Bertz CT molecular complexity index is 106. The third-order valence-electron chi connectivity index (χ3n) is 0.237. The van der Waals surface area contributed by atoms with Gasteiger partial charge in [0.2, 0.25) is 0 Å².